The van der Waals surface area contributed by atoms with Gasteiger partial charge < -0.3 is 20.1 Å². The second-order valence-electron chi connectivity index (χ2n) is 6.10. The fraction of sp³-hybridized carbons (Fsp3) is 0.278. The van der Waals surface area contributed by atoms with Crippen molar-refractivity contribution in [2.45, 2.75) is 19.8 Å². The summed E-state index contributed by atoms with van der Waals surface area (Å²) in [6, 6.07) is 6.99. The van der Waals surface area contributed by atoms with Gasteiger partial charge in [-0.25, -0.2) is 14.3 Å². The Morgan fingerprint density at radius 2 is 2.15 bits per heavy atom. The van der Waals surface area contributed by atoms with Gasteiger partial charge in [-0.05, 0) is 37.5 Å². The molecule has 8 nitrogen and oxygen atoms in total. The summed E-state index contributed by atoms with van der Waals surface area (Å²) in [5.74, 6) is 1.33. The zero-order chi connectivity index (χ0) is 17.9. The van der Waals surface area contributed by atoms with Gasteiger partial charge in [-0.1, -0.05) is 0 Å². The maximum absolute atomic E-state index is 12.0. The highest BCUT2D eigenvalue weighted by atomic mass is 16.7. The van der Waals surface area contributed by atoms with Gasteiger partial charge in [-0.15, -0.1) is 0 Å². The van der Waals surface area contributed by atoms with Gasteiger partial charge in [0.05, 0.1) is 5.69 Å². The van der Waals surface area contributed by atoms with Crippen LogP contribution in [0.25, 0.3) is 5.65 Å². The molecule has 0 spiro atoms. The number of hydrogen-bond donors (Lipinski definition) is 2. The lowest BCUT2D eigenvalue weighted by Crippen LogP contribution is -2.29. The van der Waals surface area contributed by atoms with Crippen LogP contribution in [0.5, 0.6) is 11.5 Å². The topological polar surface area (TPSA) is 89.8 Å². The van der Waals surface area contributed by atoms with Gasteiger partial charge in [0.2, 0.25) is 6.79 Å². The number of aromatic nitrogens is 3. The van der Waals surface area contributed by atoms with Gasteiger partial charge in [0.15, 0.2) is 17.1 Å². The highest BCUT2D eigenvalue weighted by molar-refractivity contribution is 5.89. The van der Waals surface area contributed by atoms with Crippen LogP contribution in [0.4, 0.5) is 10.5 Å². The molecule has 4 rings (SSSR count). The summed E-state index contributed by atoms with van der Waals surface area (Å²) in [7, 11) is 0. The van der Waals surface area contributed by atoms with Gasteiger partial charge in [-0.3, -0.25) is 0 Å². The van der Waals surface area contributed by atoms with E-state index in [1.54, 1.807) is 22.7 Å². The van der Waals surface area contributed by atoms with E-state index in [-0.39, 0.29) is 12.8 Å². The van der Waals surface area contributed by atoms with Gasteiger partial charge in [0.1, 0.15) is 0 Å². The predicted octanol–water partition coefficient (Wildman–Crippen LogP) is 2.52. The fourth-order valence-electron chi connectivity index (χ4n) is 2.81. The molecule has 1 aromatic carbocycles. The molecule has 2 amide bonds. The zero-order valence-electron chi connectivity index (χ0n) is 14.4. The Morgan fingerprint density at radius 1 is 1.27 bits per heavy atom. The lowest BCUT2D eigenvalue weighted by Gasteiger charge is -2.08. The van der Waals surface area contributed by atoms with Crippen molar-refractivity contribution in [3.63, 3.8) is 0 Å². The van der Waals surface area contributed by atoms with Crippen LogP contribution in [0.1, 0.15) is 17.7 Å². The molecule has 0 radical (unpaired) electrons. The van der Waals surface area contributed by atoms with Crippen LogP contribution in [-0.2, 0) is 6.42 Å². The number of hydrogen-bond acceptors (Lipinski definition) is 5. The molecule has 2 N–H and O–H groups in total. The van der Waals surface area contributed by atoms with E-state index in [0.717, 1.165) is 29.7 Å². The summed E-state index contributed by atoms with van der Waals surface area (Å²) in [5.41, 5.74) is 3.53. The molecule has 1 aliphatic heterocycles. The number of amides is 2. The Labute approximate surface area is 150 Å². The third-order valence-corrected chi connectivity index (χ3v) is 4.05. The molecular weight excluding hydrogens is 334 g/mol. The summed E-state index contributed by atoms with van der Waals surface area (Å²) in [6.45, 7) is 2.72. The Kier molecular flexibility index (Phi) is 4.30. The van der Waals surface area contributed by atoms with E-state index in [1.165, 1.54) is 0 Å². The molecule has 0 atom stereocenters. The lowest BCUT2D eigenvalue weighted by atomic mass is 10.2. The molecule has 3 aromatic rings. The lowest BCUT2D eigenvalue weighted by molar-refractivity contribution is 0.174. The standard InChI is InChI=1S/C18H19N5O3/c1-12-7-17-20-9-13(10-23(17)22-12)3-2-6-19-18(24)21-14-4-5-15-16(8-14)26-11-25-15/h4-5,7-10H,2-3,6,11H2,1H3,(H2,19,21,24). The third-order valence-electron chi connectivity index (χ3n) is 4.05. The highest BCUT2D eigenvalue weighted by Gasteiger charge is 2.13. The largest absolute Gasteiger partial charge is 0.454 e. The normalized spacial score (nSPS) is 12.3. The fourth-order valence-corrected chi connectivity index (χ4v) is 2.81. The average Bonchev–Trinajstić information content (AvgIpc) is 3.23. The van der Waals surface area contributed by atoms with Gasteiger partial charge in [0, 0.05) is 36.8 Å². The molecule has 8 heteroatoms. The molecular formula is C18H19N5O3. The molecule has 26 heavy (non-hydrogen) atoms. The molecule has 0 saturated heterocycles. The molecule has 3 heterocycles. The molecule has 2 aromatic heterocycles. The van der Waals surface area contributed by atoms with E-state index in [9.17, 15) is 4.79 Å². The van der Waals surface area contributed by atoms with E-state index in [4.69, 9.17) is 9.47 Å². The number of aryl methyl sites for hydroxylation is 2. The predicted molar refractivity (Wildman–Crippen MR) is 95.6 cm³/mol. The van der Waals surface area contributed by atoms with Crippen molar-refractivity contribution < 1.29 is 14.3 Å². The van der Waals surface area contributed by atoms with Crippen LogP contribution >= 0.6 is 0 Å². The summed E-state index contributed by atoms with van der Waals surface area (Å²) < 4.78 is 12.3. The molecule has 0 saturated carbocycles. The highest BCUT2D eigenvalue weighted by Crippen LogP contribution is 2.34. The first-order valence-corrected chi connectivity index (χ1v) is 8.43. The van der Waals surface area contributed by atoms with Crippen LogP contribution in [0.3, 0.4) is 0 Å². The monoisotopic (exact) mass is 353 g/mol. The van der Waals surface area contributed by atoms with Crippen LogP contribution < -0.4 is 20.1 Å². The van der Waals surface area contributed by atoms with Crippen molar-refractivity contribution >= 4 is 17.4 Å². The molecule has 0 aliphatic carbocycles. The number of nitrogens with one attached hydrogen (secondary N) is 2. The Hall–Kier alpha value is -3.29. The smallest absolute Gasteiger partial charge is 0.319 e. The molecule has 0 fully saturated rings. The minimum Gasteiger partial charge on any atom is -0.454 e. The van der Waals surface area contributed by atoms with Crippen LogP contribution in [0.2, 0.25) is 0 Å². The summed E-state index contributed by atoms with van der Waals surface area (Å²) in [5, 5.41) is 9.99. The van der Waals surface area contributed by atoms with E-state index in [0.29, 0.717) is 23.7 Å². The van der Waals surface area contributed by atoms with Crippen LogP contribution in [0.15, 0.2) is 36.7 Å². The minimum atomic E-state index is -0.250. The first-order chi connectivity index (χ1) is 12.7. The van der Waals surface area contributed by atoms with Crippen molar-refractivity contribution in [3.05, 3.63) is 47.9 Å². The first kappa shape index (κ1) is 16.2. The van der Waals surface area contributed by atoms with Crippen molar-refractivity contribution in [1.82, 2.24) is 19.9 Å². The second kappa shape index (κ2) is 6.91. The van der Waals surface area contributed by atoms with Crippen LogP contribution in [0, 0.1) is 6.92 Å². The average molecular weight is 353 g/mol. The van der Waals surface area contributed by atoms with Crippen molar-refractivity contribution in [2.75, 3.05) is 18.7 Å². The van der Waals surface area contributed by atoms with Gasteiger partial charge >= 0.3 is 6.03 Å². The number of urea groups is 1. The summed E-state index contributed by atoms with van der Waals surface area (Å²) in [6.07, 6.45) is 5.44. The van der Waals surface area contributed by atoms with Gasteiger partial charge in [0.25, 0.3) is 0 Å². The zero-order valence-corrected chi connectivity index (χ0v) is 14.4. The number of carbonyl (C=O) groups is 1. The van der Waals surface area contributed by atoms with Gasteiger partial charge in [-0.2, -0.15) is 5.10 Å². The third kappa shape index (κ3) is 3.53. The van der Waals surface area contributed by atoms with E-state index in [2.05, 4.69) is 20.7 Å². The number of fused-ring (bicyclic) bond motifs is 2. The Bertz CT molecular complexity index is 953. The number of nitrogens with zero attached hydrogens (tertiary/aromatic N) is 3. The molecule has 134 valence electrons. The quantitative estimate of drug-likeness (QED) is 0.688. The molecule has 1 aliphatic rings. The number of anilines is 1. The SMILES string of the molecule is Cc1cc2ncc(CCCNC(=O)Nc3ccc4c(c3)OCO4)cn2n1. The Morgan fingerprint density at radius 3 is 3.08 bits per heavy atom. The first-order valence-electron chi connectivity index (χ1n) is 8.43. The number of carbonyl (C=O) groups excluding carboxylic acids is 1. The summed E-state index contributed by atoms with van der Waals surface area (Å²) >= 11 is 0. The minimum absolute atomic E-state index is 0.212. The van der Waals surface area contributed by atoms with Crippen molar-refractivity contribution in [2.24, 2.45) is 0 Å². The number of benzene rings is 1. The van der Waals surface area contributed by atoms with Crippen LogP contribution in [-0.4, -0.2) is 34.0 Å². The molecule has 0 unspecified atom stereocenters. The number of ether oxygens (including phenoxy) is 2. The maximum atomic E-state index is 12.0. The van der Waals surface area contributed by atoms with E-state index < -0.39 is 0 Å². The van der Waals surface area contributed by atoms with Crippen molar-refractivity contribution in [3.8, 4) is 11.5 Å². The van der Waals surface area contributed by atoms with E-state index in [1.807, 2.05) is 25.4 Å². The molecule has 0 bridgehead atoms. The maximum Gasteiger partial charge on any atom is 0.319 e. The van der Waals surface area contributed by atoms with Crippen molar-refractivity contribution in [1.29, 1.82) is 0 Å². The Balaban J connectivity index is 1.24. The van der Waals surface area contributed by atoms with E-state index >= 15 is 0 Å². The number of rotatable bonds is 5. The summed E-state index contributed by atoms with van der Waals surface area (Å²) in [4.78, 5) is 16.4. The second-order valence-corrected chi connectivity index (χ2v) is 6.10.